The van der Waals surface area contributed by atoms with Crippen LogP contribution in [0.4, 0.5) is 0 Å². The van der Waals surface area contributed by atoms with E-state index >= 15 is 0 Å². The molecule has 0 amide bonds. The van der Waals surface area contributed by atoms with E-state index in [0.29, 0.717) is 11.4 Å². The second-order valence-electron chi connectivity index (χ2n) is 6.44. The maximum Gasteiger partial charge on any atom is 0.181 e. The topological polar surface area (TPSA) is 51.8 Å². The van der Waals surface area contributed by atoms with Gasteiger partial charge in [0.05, 0.1) is 12.7 Å². The van der Waals surface area contributed by atoms with Crippen LogP contribution in [0.5, 0.6) is 0 Å². The van der Waals surface area contributed by atoms with Crippen LogP contribution >= 0.6 is 11.6 Å². The molecule has 0 saturated carbocycles. The maximum atomic E-state index is 5.99. The standard InChI is InChI=1S/C18H23ClN6/c1-13-15(12-20-24(13)4)11-17-21-18(14-5-7-16(19)8-6-14)22-25(17)10-9-23(2)3/h5-8,12H,9-11H2,1-4H3. The van der Waals surface area contributed by atoms with Gasteiger partial charge < -0.3 is 4.90 Å². The molecule has 0 aliphatic carbocycles. The van der Waals surface area contributed by atoms with Crippen molar-refractivity contribution >= 4 is 11.6 Å². The maximum absolute atomic E-state index is 5.99. The molecular formula is C18H23ClN6. The van der Waals surface area contributed by atoms with Gasteiger partial charge in [-0.1, -0.05) is 11.6 Å². The van der Waals surface area contributed by atoms with E-state index in [2.05, 4.69) is 31.0 Å². The molecule has 0 aliphatic heterocycles. The zero-order valence-electron chi connectivity index (χ0n) is 15.1. The molecule has 0 bridgehead atoms. The highest BCUT2D eigenvalue weighted by molar-refractivity contribution is 6.30. The van der Waals surface area contributed by atoms with Crippen LogP contribution in [0.25, 0.3) is 11.4 Å². The van der Waals surface area contributed by atoms with Gasteiger partial charge in [-0.2, -0.15) is 10.2 Å². The average Bonchev–Trinajstić information content (AvgIpc) is 3.12. The first-order valence-corrected chi connectivity index (χ1v) is 8.63. The van der Waals surface area contributed by atoms with Crippen LogP contribution in [0, 0.1) is 6.92 Å². The van der Waals surface area contributed by atoms with Crippen LogP contribution in [0.1, 0.15) is 17.1 Å². The van der Waals surface area contributed by atoms with Gasteiger partial charge in [-0.25, -0.2) is 9.67 Å². The average molecular weight is 359 g/mol. The summed E-state index contributed by atoms with van der Waals surface area (Å²) in [6.07, 6.45) is 2.62. The quantitative estimate of drug-likeness (QED) is 0.680. The molecule has 0 aliphatic rings. The number of rotatable bonds is 6. The molecule has 1 aromatic carbocycles. The Morgan fingerprint density at radius 1 is 1.16 bits per heavy atom. The van der Waals surface area contributed by atoms with E-state index in [4.69, 9.17) is 21.7 Å². The van der Waals surface area contributed by atoms with Gasteiger partial charge in [0.1, 0.15) is 5.82 Å². The third kappa shape index (κ3) is 4.08. The zero-order chi connectivity index (χ0) is 18.0. The molecule has 2 heterocycles. The zero-order valence-corrected chi connectivity index (χ0v) is 15.8. The third-order valence-corrected chi connectivity index (χ3v) is 4.55. The van der Waals surface area contributed by atoms with Gasteiger partial charge in [-0.05, 0) is 45.3 Å². The summed E-state index contributed by atoms with van der Waals surface area (Å²) in [6, 6.07) is 7.63. The lowest BCUT2D eigenvalue weighted by atomic mass is 10.2. The summed E-state index contributed by atoms with van der Waals surface area (Å²) in [5.41, 5.74) is 3.29. The highest BCUT2D eigenvalue weighted by Gasteiger charge is 2.15. The van der Waals surface area contributed by atoms with Crippen molar-refractivity contribution in [2.75, 3.05) is 20.6 Å². The Labute approximate surface area is 153 Å². The van der Waals surface area contributed by atoms with Gasteiger partial charge in [-0.3, -0.25) is 4.68 Å². The molecule has 0 spiro atoms. The molecule has 3 rings (SSSR count). The number of aryl methyl sites for hydroxylation is 1. The van der Waals surface area contributed by atoms with E-state index in [0.717, 1.165) is 36.0 Å². The Hall–Kier alpha value is -2.18. The monoisotopic (exact) mass is 358 g/mol. The summed E-state index contributed by atoms with van der Waals surface area (Å²) in [5, 5.41) is 9.76. The van der Waals surface area contributed by atoms with Crippen molar-refractivity contribution in [3.05, 3.63) is 52.6 Å². The first kappa shape index (κ1) is 17.6. The Morgan fingerprint density at radius 2 is 1.88 bits per heavy atom. The van der Waals surface area contributed by atoms with Gasteiger partial charge in [-0.15, -0.1) is 0 Å². The number of hydrogen-bond acceptors (Lipinski definition) is 4. The molecule has 0 fully saturated rings. The summed E-state index contributed by atoms with van der Waals surface area (Å²) in [6.45, 7) is 3.77. The number of benzene rings is 1. The van der Waals surface area contributed by atoms with Crippen molar-refractivity contribution in [3.63, 3.8) is 0 Å². The minimum atomic E-state index is 0.710. The SMILES string of the molecule is Cc1c(Cc2nc(-c3ccc(Cl)cc3)nn2CCN(C)C)cnn1C. The summed E-state index contributed by atoms with van der Waals surface area (Å²) < 4.78 is 3.88. The van der Waals surface area contributed by atoms with Crippen LogP contribution in [-0.4, -0.2) is 50.1 Å². The van der Waals surface area contributed by atoms with Gasteiger partial charge >= 0.3 is 0 Å². The summed E-state index contributed by atoms with van der Waals surface area (Å²) in [5.74, 6) is 1.68. The number of nitrogens with zero attached hydrogens (tertiary/aromatic N) is 6. The van der Waals surface area contributed by atoms with Gasteiger partial charge in [0.2, 0.25) is 0 Å². The number of halogens is 1. The number of likely N-dealkylation sites (N-methyl/N-ethyl adjacent to an activating group) is 1. The molecule has 6 nitrogen and oxygen atoms in total. The smallest absolute Gasteiger partial charge is 0.181 e. The fraction of sp³-hybridized carbons (Fsp3) is 0.389. The molecule has 0 saturated heterocycles. The molecule has 132 valence electrons. The molecule has 0 N–H and O–H groups in total. The number of hydrogen-bond donors (Lipinski definition) is 0. The predicted molar refractivity (Wildman–Crippen MR) is 99.8 cm³/mol. The lowest BCUT2D eigenvalue weighted by molar-refractivity contribution is 0.369. The predicted octanol–water partition coefficient (Wildman–Crippen LogP) is 2.79. The molecule has 25 heavy (non-hydrogen) atoms. The first-order chi connectivity index (χ1) is 11.9. The molecular weight excluding hydrogens is 336 g/mol. The van der Waals surface area contributed by atoms with Gasteiger partial charge in [0, 0.05) is 41.9 Å². The molecule has 0 unspecified atom stereocenters. The van der Waals surface area contributed by atoms with Crippen molar-refractivity contribution in [1.82, 2.24) is 29.4 Å². The highest BCUT2D eigenvalue weighted by Crippen LogP contribution is 2.20. The second kappa shape index (κ2) is 7.37. The van der Waals surface area contributed by atoms with Crippen LogP contribution in [0.2, 0.25) is 5.02 Å². The minimum absolute atomic E-state index is 0.710. The van der Waals surface area contributed by atoms with Gasteiger partial charge in [0.25, 0.3) is 0 Å². The molecule has 0 radical (unpaired) electrons. The molecule has 2 aromatic heterocycles. The Balaban J connectivity index is 1.93. The third-order valence-electron chi connectivity index (χ3n) is 4.30. The lowest BCUT2D eigenvalue weighted by Gasteiger charge is -2.10. The van der Waals surface area contributed by atoms with E-state index in [1.165, 1.54) is 5.56 Å². The van der Waals surface area contributed by atoms with E-state index in [1.807, 2.05) is 46.9 Å². The molecule has 7 heteroatoms. The lowest BCUT2D eigenvalue weighted by Crippen LogP contribution is -2.20. The van der Waals surface area contributed by atoms with Crippen molar-refractivity contribution in [2.24, 2.45) is 7.05 Å². The minimum Gasteiger partial charge on any atom is -0.308 e. The largest absolute Gasteiger partial charge is 0.308 e. The van der Waals surface area contributed by atoms with Crippen LogP contribution in [0.15, 0.2) is 30.5 Å². The van der Waals surface area contributed by atoms with Crippen molar-refractivity contribution in [1.29, 1.82) is 0 Å². The normalized spacial score (nSPS) is 11.4. The Kier molecular flexibility index (Phi) is 5.20. The van der Waals surface area contributed by atoms with Crippen molar-refractivity contribution in [2.45, 2.75) is 19.9 Å². The summed E-state index contributed by atoms with van der Waals surface area (Å²) in [4.78, 5) is 6.93. The Bertz CT molecular complexity index is 847. The summed E-state index contributed by atoms with van der Waals surface area (Å²) >= 11 is 5.99. The molecule has 3 aromatic rings. The van der Waals surface area contributed by atoms with Crippen molar-refractivity contribution < 1.29 is 0 Å². The van der Waals surface area contributed by atoms with Crippen LogP contribution in [0.3, 0.4) is 0 Å². The molecule has 0 atom stereocenters. The summed E-state index contributed by atoms with van der Waals surface area (Å²) in [7, 11) is 6.07. The van der Waals surface area contributed by atoms with E-state index < -0.39 is 0 Å². The number of aromatic nitrogens is 5. The van der Waals surface area contributed by atoms with Crippen LogP contribution in [-0.2, 0) is 20.0 Å². The Morgan fingerprint density at radius 3 is 2.48 bits per heavy atom. The highest BCUT2D eigenvalue weighted by atomic mass is 35.5. The first-order valence-electron chi connectivity index (χ1n) is 8.26. The fourth-order valence-electron chi connectivity index (χ4n) is 2.59. The van der Waals surface area contributed by atoms with Crippen LogP contribution < -0.4 is 0 Å². The van der Waals surface area contributed by atoms with Crippen molar-refractivity contribution in [3.8, 4) is 11.4 Å². The van der Waals surface area contributed by atoms with E-state index in [1.54, 1.807) is 0 Å². The second-order valence-corrected chi connectivity index (χ2v) is 6.88. The fourth-order valence-corrected chi connectivity index (χ4v) is 2.71. The van der Waals surface area contributed by atoms with Gasteiger partial charge in [0.15, 0.2) is 5.82 Å². The van der Waals surface area contributed by atoms with E-state index in [9.17, 15) is 0 Å². The van der Waals surface area contributed by atoms with E-state index in [-0.39, 0.29) is 0 Å².